The molecule has 0 spiro atoms. The normalized spacial score (nSPS) is 11.8. The number of aryl methyl sites for hydroxylation is 1. The summed E-state index contributed by atoms with van der Waals surface area (Å²) in [6.07, 6.45) is -1.05. The summed E-state index contributed by atoms with van der Waals surface area (Å²) >= 11 is 0. The van der Waals surface area contributed by atoms with Crippen molar-refractivity contribution < 1.29 is 35.5 Å². The summed E-state index contributed by atoms with van der Waals surface area (Å²) in [5.41, 5.74) is -0.0147. The van der Waals surface area contributed by atoms with Crippen LogP contribution in [0.3, 0.4) is 0 Å². The molecule has 0 radical (unpaired) electrons. The fourth-order valence-electron chi connectivity index (χ4n) is 4.17. The highest BCUT2D eigenvalue weighted by molar-refractivity contribution is 5.89. The lowest BCUT2D eigenvalue weighted by Gasteiger charge is -2.13. The average Bonchev–Trinajstić information content (AvgIpc) is 2.80. The molecule has 4 rings (SSSR count). The first-order chi connectivity index (χ1) is 17.1. The van der Waals surface area contributed by atoms with E-state index in [2.05, 4.69) is 11.7 Å². The van der Waals surface area contributed by atoms with Crippen molar-refractivity contribution in [3.05, 3.63) is 89.5 Å². The molecule has 188 valence electrons. The fraction of sp³-hybridized carbons (Fsp3) is 0.214. The van der Waals surface area contributed by atoms with Gasteiger partial charge in [-0.3, -0.25) is 0 Å². The van der Waals surface area contributed by atoms with Crippen molar-refractivity contribution in [3.8, 4) is 28.0 Å². The van der Waals surface area contributed by atoms with Crippen LogP contribution in [0.25, 0.3) is 33.0 Å². The standard InChI is InChI=1S/C28H21F7O/c1-2-3-4-5-16-6-9-20-17(12-16)7-10-21(27(20)32)19-14-23(30)26(24(31)15-19)18-8-11-25(22(29)13-18)36-28(33,34)35/h6-15H,2-5H2,1H3. The van der Waals surface area contributed by atoms with E-state index >= 15 is 4.39 Å². The van der Waals surface area contributed by atoms with Gasteiger partial charge in [-0.1, -0.05) is 56.2 Å². The van der Waals surface area contributed by atoms with E-state index in [1.54, 1.807) is 12.1 Å². The maximum Gasteiger partial charge on any atom is 0.573 e. The number of alkyl halides is 3. The van der Waals surface area contributed by atoms with Crippen molar-refractivity contribution in [2.24, 2.45) is 0 Å². The minimum atomic E-state index is -5.12. The molecule has 0 aliphatic heterocycles. The van der Waals surface area contributed by atoms with Gasteiger partial charge in [-0.2, -0.15) is 0 Å². The van der Waals surface area contributed by atoms with Gasteiger partial charge in [-0.25, -0.2) is 17.6 Å². The molecule has 36 heavy (non-hydrogen) atoms. The van der Waals surface area contributed by atoms with E-state index in [4.69, 9.17) is 0 Å². The summed E-state index contributed by atoms with van der Waals surface area (Å²) in [5.74, 6) is -5.46. The Kier molecular flexibility index (Phi) is 7.24. The summed E-state index contributed by atoms with van der Waals surface area (Å²) in [6.45, 7) is 2.11. The first-order valence-corrected chi connectivity index (χ1v) is 11.3. The molecule has 1 nitrogen and oxygen atoms in total. The highest BCUT2D eigenvalue weighted by Gasteiger charge is 2.32. The molecule has 4 aromatic rings. The molecule has 0 saturated heterocycles. The van der Waals surface area contributed by atoms with Gasteiger partial charge in [0.05, 0.1) is 5.56 Å². The van der Waals surface area contributed by atoms with Gasteiger partial charge in [-0.15, -0.1) is 13.2 Å². The monoisotopic (exact) mass is 506 g/mol. The quantitative estimate of drug-likeness (QED) is 0.179. The van der Waals surface area contributed by atoms with E-state index in [-0.39, 0.29) is 16.7 Å². The number of halogens is 7. The Morgan fingerprint density at radius 3 is 2.06 bits per heavy atom. The Balaban J connectivity index is 1.68. The van der Waals surface area contributed by atoms with Crippen LogP contribution in [0, 0.1) is 23.3 Å². The number of rotatable bonds is 7. The van der Waals surface area contributed by atoms with E-state index < -0.39 is 40.9 Å². The molecule has 0 aliphatic rings. The maximum atomic E-state index is 15.3. The van der Waals surface area contributed by atoms with Crippen LogP contribution in [0.4, 0.5) is 30.7 Å². The van der Waals surface area contributed by atoms with Gasteiger partial charge in [0, 0.05) is 10.9 Å². The molecule has 8 heteroatoms. The highest BCUT2D eigenvalue weighted by atomic mass is 19.4. The van der Waals surface area contributed by atoms with Gasteiger partial charge in [0.15, 0.2) is 11.6 Å². The minimum Gasteiger partial charge on any atom is -0.403 e. The zero-order valence-corrected chi connectivity index (χ0v) is 19.2. The zero-order chi connectivity index (χ0) is 26.0. The fourth-order valence-corrected chi connectivity index (χ4v) is 4.17. The molecule has 0 atom stereocenters. The molecule has 0 bridgehead atoms. The third-order valence-corrected chi connectivity index (χ3v) is 5.89. The predicted molar refractivity (Wildman–Crippen MR) is 125 cm³/mol. The van der Waals surface area contributed by atoms with Crippen LogP contribution < -0.4 is 4.74 Å². The smallest absolute Gasteiger partial charge is 0.403 e. The van der Waals surface area contributed by atoms with Crippen molar-refractivity contribution in [2.45, 2.75) is 39.0 Å². The molecule has 0 heterocycles. The summed E-state index contributed by atoms with van der Waals surface area (Å²) in [6, 6.07) is 12.4. The Labute approximate surface area is 203 Å². The maximum absolute atomic E-state index is 15.3. The van der Waals surface area contributed by atoms with Crippen LogP contribution in [0.5, 0.6) is 5.75 Å². The lowest BCUT2D eigenvalue weighted by molar-refractivity contribution is -0.275. The third kappa shape index (κ3) is 5.48. The van der Waals surface area contributed by atoms with Crippen molar-refractivity contribution in [3.63, 3.8) is 0 Å². The van der Waals surface area contributed by atoms with Gasteiger partial charge >= 0.3 is 6.36 Å². The molecular formula is C28H21F7O. The summed E-state index contributed by atoms with van der Waals surface area (Å²) < 4.78 is 99.8. The van der Waals surface area contributed by atoms with E-state index in [9.17, 15) is 26.3 Å². The van der Waals surface area contributed by atoms with Crippen LogP contribution in [-0.2, 0) is 6.42 Å². The number of unbranched alkanes of at least 4 members (excludes halogenated alkanes) is 2. The SMILES string of the molecule is CCCCCc1ccc2c(F)c(-c3cc(F)c(-c4ccc(OC(F)(F)F)c(F)c4)c(F)c3)ccc2c1. The van der Waals surface area contributed by atoms with Gasteiger partial charge in [0.2, 0.25) is 0 Å². The lowest BCUT2D eigenvalue weighted by atomic mass is 9.95. The van der Waals surface area contributed by atoms with Crippen LogP contribution >= 0.6 is 0 Å². The summed E-state index contributed by atoms with van der Waals surface area (Å²) in [5, 5.41) is 0.971. The Bertz CT molecular complexity index is 1390. The number of hydrogen-bond donors (Lipinski definition) is 0. The summed E-state index contributed by atoms with van der Waals surface area (Å²) in [4.78, 5) is 0. The van der Waals surface area contributed by atoms with Crippen molar-refractivity contribution >= 4 is 10.8 Å². The number of hydrogen-bond acceptors (Lipinski definition) is 1. The molecule has 0 aliphatic carbocycles. The molecule has 0 aromatic heterocycles. The number of fused-ring (bicyclic) bond motifs is 1. The summed E-state index contributed by atoms with van der Waals surface area (Å²) in [7, 11) is 0. The predicted octanol–water partition coefficient (Wildman–Crippen LogP) is 9.36. The van der Waals surface area contributed by atoms with Gasteiger partial charge < -0.3 is 4.74 Å². The minimum absolute atomic E-state index is 0.0225. The lowest BCUT2D eigenvalue weighted by Crippen LogP contribution is -2.17. The first kappa shape index (κ1) is 25.5. The average molecular weight is 506 g/mol. The van der Waals surface area contributed by atoms with E-state index in [1.165, 1.54) is 6.07 Å². The zero-order valence-electron chi connectivity index (χ0n) is 19.2. The van der Waals surface area contributed by atoms with Gasteiger partial charge in [0.1, 0.15) is 17.5 Å². The molecule has 0 N–H and O–H groups in total. The van der Waals surface area contributed by atoms with Crippen molar-refractivity contribution in [1.82, 2.24) is 0 Å². The van der Waals surface area contributed by atoms with Crippen LogP contribution in [0.15, 0.2) is 60.7 Å². The van der Waals surface area contributed by atoms with Crippen molar-refractivity contribution in [1.29, 1.82) is 0 Å². The Morgan fingerprint density at radius 2 is 1.42 bits per heavy atom. The first-order valence-electron chi connectivity index (χ1n) is 11.3. The van der Waals surface area contributed by atoms with Crippen molar-refractivity contribution in [2.75, 3.05) is 0 Å². The Hall–Kier alpha value is -3.55. The van der Waals surface area contributed by atoms with Crippen LogP contribution in [0.2, 0.25) is 0 Å². The second-order valence-corrected chi connectivity index (χ2v) is 8.45. The molecule has 0 amide bonds. The highest BCUT2D eigenvalue weighted by Crippen LogP contribution is 2.36. The molecule has 0 saturated carbocycles. The van der Waals surface area contributed by atoms with Gasteiger partial charge in [-0.05, 0) is 59.2 Å². The molecule has 0 unspecified atom stereocenters. The van der Waals surface area contributed by atoms with Gasteiger partial charge in [0.25, 0.3) is 0 Å². The van der Waals surface area contributed by atoms with E-state index in [1.807, 2.05) is 12.1 Å². The largest absolute Gasteiger partial charge is 0.573 e. The van der Waals surface area contributed by atoms with Crippen LogP contribution in [0.1, 0.15) is 31.7 Å². The molecular weight excluding hydrogens is 485 g/mol. The second kappa shape index (κ2) is 10.2. The van der Waals surface area contributed by atoms with Crippen LogP contribution in [-0.4, -0.2) is 6.36 Å². The second-order valence-electron chi connectivity index (χ2n) is 8.45. The van der Waals surface area contributed by atoms with E-state index in [0.717, 1.165) is 49.4 Å². The topological polar surface area (TPSA) is 9.23 Å². The Morgan fingerprint density at radius 1 is 0.722 bits per heavy atom. The third-order valence-electron chi connectivity index (χ3n) is 5.89. The number of ether oxygens (including phenoxy) is 1. The van der Waals surface area contributed by atoms with E-state index in [0.29, 0.717) is 22.9 Å². The number of benzene rings is 4. The molecule has 4 aromatic carbocycles. The molecule has 0 fully saturated rings.